The van der Waals surface area contributed by atoms with Gasteiger partial charge in [-0.05, 0) is 56.4 Å². The van der Waals surface area contributed by atoms with Crippen LogP contribution in [0, 0.1) is 5.92 Å². The summed E-state index contributed by atoms with van der Waals surface area (Å²) in [6, 6.07) is 2.12. The molecule has 5 heteroatoms. The molecule has 1 saturated heterocycles. The molecule has 0 atom stereocenters. The van der Waals surface area contributed by atoms with Gasteiger partial charge in [-0.1, -0.05) is 6.92 Å². The lowest BCUT2D eigenvalue weighted by atomic mass is 9.99. The largest absolute Gasteiger partial charge is 0.357 e. The van der Waals surface area contributed by atoms with Gasteiger partial charge in [-0.2, -0.15) is 0 Å². The van der Waals surface area contributed by atoms with E-state index in [-0.39, 0.29) is 0 Å². The summed E-state index contributed by atoms with van der Waals surface area (Å²) in [5.74, 6) is 1.80. The molecule has 0 amide bonds. The Labute approximate surface area is 134 Å². The van der Waals surface area contributed by atoms with Crippen molar-refractivity contribution in [3.05, 3.63) is 24.0 Å². The van der Waals surface area contributed by atoms with Gasteiger partial charge in [0, 0.05) is 39.6 Å². The summed E-state index contributed by atoms with van der Waals surface area (Å²) >= 11 is 0. The monoisotopic (exact) mass is 305 g/mol. The number of guanidine groups is 1. The molecule has 1 aliphatic heterocycles. The van der Waals surface area contributed by atoms with Crippen molar-refractivity contribution in [2.45, 2.75) is 32.7 Å². The maximum atomic E-state index is 4.28. The maximum Gasteiger partial charge on any atom is 0.191 e. The highest BCUT2D eigenvalue weighted by Crippen LogP contribution is 2.15. The fourth-order valence-corrected chi connectivity index (χ4v) is 2.87. The van der Waals surface area contributed by atoms with Crippen molar-refractivity contribution in [1.82, 2.24) is 20.1 Å². The first-order chi connectivity index (χ1) is 10.7. The minimum absolute atomic E-state index is 0.810. The van der Waals surface area contributed by atoms with E-state index in [1.807, 2.05) is 14.1 Å². The molecule has 2 rings (SSSR count). The molecular formula is C17H31N5. The summed E-state index contributed by atoms with van der Waals surface area (Å²) in [7, 11) is 3.87. The molecule has 0 aromatic carbocycles. The molecule has 0 bridgehead atoms. The molecule has 124 valence electrons. The van der Waals surface area contributed by atoms with E-state index in [4.69, 9.17) is 0 Å². The lowest BCUT2D eigenvalue weighted by molar-refractivity contribution is 0.191. The zero-order valence-electron chi connectivity index (χ0n) is 14.3. The van der Waals surface area contributed by atoms with Crippen LogP contribution in [0.2, 0.25) is 0 Å². The molecule has 1 aliphatic rings. The zero-order valence-corrected chi connectivity index (χ0v) is 14.3. The first-order valence-electron chi connectivity index (χ1n) is 8.45. The summed E-state index contributed by atoms with van der Waals surface area (Å²) in [6.45, 7) is 7.87. The number of rotatable bonds is 6. The lowest BCUT2D eigenvalue weighted by Gasteiger charge is -2.30. The molecule has 0 radical (unpaired) electrons. The minimum atomic E-state index is 0.810. The normalized spacial score (nSPS) is 17.7. The Bertz CT molecular complexity index is 457. The number of aliphatic imine (C=N–C) groups is 1. The Morgan fingerprint density at radius 2 is 2.09 bits per heavy atom. The number of aromatic nitrogens is 1. The molecule has 5 nitrogen and oxygen atoms in total. The number of aryl methyl sites for hydroxylation is 1. The minimum Gasteiger partial charge on any atom is -0.357 e. The maximum absolute atomic E-state index is 4.28. The smallest absolute Gasteiger partial charge is 0.191 e. The van der Waals surface area contributed by atoms with E-state index in [1.54, 1.807) is 0 Å². The van der Waals surface area contributed by atoms with Gasteiger partial charge in [-0.3, -0.25) is 4.99 Å². The van der Waals surface area contributed by atoms with Crippen LogP contribution >= 0.6 is 0 Å². The van der Waals surface area contributed by atoms with Crippen LogP contribution in [0.1, 0.15) is 31.7 Å². The fourth-order valence-electron chi connectivity index (χ4n) is 2.87. The van der Waals surface area contributed by atoms with Crippen molar-refractivity contribution in [2.24, 2.45) is 18.0 Å². The van der Waals surface area contributed by atoms with Gasteiger partial charge in [0.2, 0.25) is 0 Å². The van der Waals surface area contributed by atoms with E-state index in [9.17, 15) is 0 Å². The van der Waals surface area contributed by atoms with Gasteiger partial charge < -0.3 is 20.1 Å². The summed E-state index contributed by atoms with van der Waals surface area (Å²) in [4.78, 5) is 6.86. The molecule has 2 N–H and O–H groups in total. The third-order valence-electron chi connectivity index (χ3n) is 4.40. The van der Waals surface area contributed by atoms with Crippen LogP contribution in [-0.4, -0.2) is 48.7 Å². The Balaban J connectivity index is 1.58. The predicted molar refractivity (Wildman–Crippen MR) is 93.1 cm³/mol. The first-order valence-corrected chi connectivity index (χ1v) is 8.45. The van der Waals surface area contributed by atoms with E-state index in [1.165, 1.54) is 44.5 Å². The van der Waals surface area contributed by atoms with E-state index in [0.29, 0.717) is 0 Å². The van der Waals surface area contributed by atoms with E-state index >= 15 is 0 Å². The molecule has 0 aliphatic carbocycles. The number of nitrogens with one attached hydrogen (secondary N) is 2. The van der Waals surface area contributed by atoms with Crippen molar-refractivity contribution in [3.8, 4) is 0 Å². The lowest BCUT2D eigenvalue weighted by Crippen LogP contribution is -2.39. The highest BCUT2D eigenvalue weighted by Gasteiger charge is 2.14. The topological polar surface area (TPSA) is 44.6 Å². The Morgan fingerprint density at radius 1 is 1.32 bits per heavy atom. The SMILES string of the molecule is CN=C(NCCCN1CCC(C)CC1)NCc1ccn(C)c1. The van der Waals surface area contributed by atoms with Crippen LogP contribution < -0.4 is 10.6 Å². The van der Waals surface area contributed by atoms with Crippen LogP contribution in [0.3, 0.4) is 0 Å². The number of nitrogens with zero attached hydrogens (tertiary/aromatic N) is 3. The highest BCUT2D eigenvalue weighted by molar-refractivity contribution is 5.79. The number of piperidine rings is 1. The average molecular weight is 305 g/mol. The second-order valence-corrected chi connectivity index (χ2v) is 6.42. The first kappa shape index (κ1) is 16.9. The summed E-state index contributed by atoms with van der Waals surface area (Å²) in [5, 5.41) is 6.76. The molecule has 1 aromatic rings. The molecule has 0 saturated carbocycles. The van der Waals surface area contributed by atoms with Gasteiger partial charge >= 0.3 is 0 Å². The van der Waals surface area contributed by atoms with Gasteiger partial charge in [-0.15, -0.1) is 0 Å². The second-order valence-electron chi connectivity index (χ2n) is 6.42. The number of hydrogen-bond donors (Lipinski definition) is 2. The second kappa shape index (κ2) is 8.83. The van der Waals surface area contributed by atoms with Crippen LogP contribution in [0.25, 0.3) is 0 Å². The summed E-state index contributed by atoms with van der Waals surface area (Å²) < 4.78 is 2.06. The fraction of sp³-hybridized carbons (Fsp3) is 0.706. The van der Waals surface area contributed by atoms with Crippen molar-refractivity contribution in [1.29, 1.82) is 0 Å². The van der Waals surface area contributed by atoms with Crippen molar-refractivity contribution in [3.63, 3.8) is 0 Å². The number of hydrogen-bond acceptors (Lipinski definition) is 2. The van der Waals surface area contributed by atoms with Crippen LogP contribution in [0.4, 0.5) is 0 Å². The molecule has 1 aromatic heterocycles. The van der Waals surface area contributed by atoms with E-state index < -0.39 is 0 Å². The van der Waals surface area contributed by atoms with Crippen molar-refractivity contribution in [2.75, 3.05) is 33.2 Å². The zero-order chi connectivity index (χ0) is 15.8. The average Bonchev–Trinajstić information content (AvgIpc) is 2.94. The third kappa shape index (κ3) is 5.72. The van der Waals surface area contributed by atoms with Crippen LogP contribution in [-0.2, 0) is 13.6 Å². The van der Waals surface area contributed by atoms with Crippen molar-refractivity contribution < 1.29 is 0 Å². The highest BCUT2D eigenvalue weighted by atomic mass is 15.2. The van der Waals surface area contributed by atoms with Gasteiger partial charge in [0.05, 0.1) is 0 Å². The summed E-state index contributed by atoms with van der Waals surface area (Å²) in [5.41, 5.74) is 1.27. The van der Waals surface area contributed by atoms with Gasteiger partial charge in [0.15, 0.2) is 5.96 Å². The standard InChI is InChI=1S/C17H31N5/c1-15-5-11-22(12-6-15)9-4-8-19-17(18-2)20-13-16-7-10-21(3)14-16/h7,10,14-15H,4-6,8-9,11-13H2,1-3H3,(H2,18,19,20). The van der Waals surface area contributed by atoms with Gasteiger partial charge in [0.25, 0.3) is 0 Å². The predicted octanol–water partition coefficient (Wildman–Crippen LogP) is 1.81. The molecular weight excluding hydrogens is 274 g/mol. The Kier molecular flexibility index (Phi) is 6.77. The molecule has 0 unspecified atom stereocenters. The summed E-state index contributed by atoms with van der Waals surface area (Å²) in [6.07, 6.45) is 8.06. The Hall–Kier alpha value is -1.49. The number of likely N-dealkylation sites (tertiary alicyclic amines) is 1. The third-order valence-corrected chi connectivity index (χ3v) is 4.40. The quantitative estimate of drug-likeness (QED) is 0.479. The van der Waals surface area contributed by atoms with Crippen LogP contribution in [0.15, 0.2) is 23.5 Å². The molecule has 0 spiro atoms. The van der Waals surface area contributed by atoms with Crippen LogP contribution in [0.5, 0.6) is 0 Å². The Morgan fingerprint density at radius 3 is 2.73 bits per heavy atom. The van der Waals surface area contributed by atoms with Gasteiger partial charge in [0.1, 0.15) is 0 Å². The van der Waals surface area contributed by atoms with Crippen molar-refractivity contribution >= 4 is 5.96 Å². The molecule has 2 heterocycles. The van der Waals surface area contributed by atoms with E-state index in [2.05, 4.69) is 50.5 Å². The molecule has 22 heavy (non-hydrogen) atoms. The molecule has 1 fully saturated rings. The van der Waals surface area contributed by atoms with E-state index in [0.717, 1.165) is 25.0 Å². The van der Waals surface area contributed by atoms with Gasteiger partial charge in [-0.25, -0.2) is 0 Å².